The van der Waals surface area contributed by atoms with Crippen molar-refractivity contribution in [3.05, 3.63) is 41.8 Å². The lowest BCUT2D eigenvalue weighted by atomic mass is 10.1. The predicted molar refractivity (Wildman–Crippen MR) is 78.0 cm³/mol. The Labute approximate surface area is 125 Å². The fraction of sp³-hybridized carbons (Fsp3) is 0.0667. The molecule has 0 fully saturated rings. The number of benzene rings is 1. The minimum Gasteiger partial charge on any atom is -0.457 e. The smallest absolute Gasteiger partial charge is 0.276 e. The van der Waals surface area contributed by atoms with Crippen molar-refractivity contribution in [2.24, 2.45) is 10.7 Å². The topological polar surface area (TPSA) is 99.1 Å². The third-order valence-electron chi connectivity index (χ3n) is 3.28. The van der Waals surface area contributed by atoms with E-state index in [-0.39, 0.29) is 24.4 Å². The van der Waals surface area contributed by atoms with Gasteiger partial charge < -0.3 is 19.6 Å². The van der Waals surface area contributed by atoms with Gasteiger partial charge in [0.1, 0.15) is 17.2 Å². The first-order valence-electron chi connectivity index (χ1n) is 6.56. The van der Waals surface area contributed by atoms with E-state index in [1.807, 2.05) is 24.3 Å². The van der Waals surface area contributed by atoms with Crippen LogP contribution in [0.5, 0.6) is 11.5 Å². The highest BCUT2D eigenvalue weighted by Gasteiger charge is 2.19. The highest BCUT2D eigenvalue weighted by atomic mass is 16.7. The molecule has 0 radical (unpaired) electrons. The van der Waals surface area contributed by atoms with Gasteiger partial charge in [-0.15, -0.1) is 0 Å². The van der Waals surface area contributed by atoms with Crippen LogP contribution >= 0.6 is 0 Å². The molecule has 0 aliphatic carbocycles. The highest BCUT2D eigenvalue weighted by molar-refractivity contribution is 6.13. The van der Waals surface area contributed by atoms with Gasteiger partial charge in [0.15, 0.2) is 11.5 Å². The van der Waals surface area contributed by atoms with Crippen LogP contribution in [0.25, 0.3) is 17.4 Å². The number of ether oxygens (including phenoxy) is 2. The molecule has 1 amide bonds. The Bertz CT molecular complexity index is 835. The number of nitrogens with zero attached hydrogens (tertiary/aromatic N) is 1. The molecule has 2 aliphatic heterocycles. The van der Waals surface area contributed by atoms with Crippen LogP contribution in [-0.2, 0) is 4.79 Å². The second-order valence-electron chi connectivity index (χ2n) is 4.75. The maximum Gasteiger partial charge on any atom is 0.276 e. The molecule has 7 nitrogen and oxygen atoms in total. The zero-order valence-electron chi connectivity index (χ0n) is 11.3. The van der Waals surface area contributed by atoms with Gasteiger partial charge in [-0.3, -0.25) is 10.1 Å². The predicted octanol–water partition coefficient (Wildman–Crippen LogP) is 1.46. The summed E-state index contributed by atoms with van der Waals surface area (Å²) in [5.74, 6) is 2.29. The van der Waals surface area contributed by atoms with E-state index >= 15 is 0 Å². The van der Waals surface area contributed by atoms with E-state index in [9.17, 15) is 4.79 Å². The zero-order chi connectivity index (χ0) is 15.1. The number of furan rings is 1. The molecular weight excluding hydrogens is 286 g/mol. The summed E-state index contributed by atoms with van der Waals surface area (Å²) in [6.45, 7) is 0.225. The number of guanidine groups is 1. The first-order chi connectivity index (χ1) is 10.7. The number of carbonyl (C=O) groups is 1. The lowest BCUT2D eigenvalue weighted by Gasteiger charge is -1.99. The van der Waals surface area contributed by atoms with Crippen LogP contribution in [0.1, 0.15) is 5.76 Å². The summed E-state index contributed by atoms with van der Waals surface area (Å²) in [6, 6.07) is 9.11. The summed E-state index contributed by atoms with van der Waals surface area (Å²) in [4.78, 5) is 15.4. The van der Waals surface area contributed by atoms with Gasteiger partial charge in [0, 0.05) is 11.6 Å². The average molecular weight is 297 g/mol. The van der Waals surface area contributed by atoms with Gasteiger partial charge in [-0.05, 0) is 30.3 Å². The minimum absolute atomic E-state index is 0.0822. The lowest BCUT2D eigenvalue weighted by molar-refractivity contribution is -0.115. The molecule has 0 unspecified atom stereocenters. The molecule has 7 heteroatoms. The maximum absolute atomic E-state index is 11.5. The Morgan fingerprint density at radius 3 is 2.86 bits per heavy atom. The molecule has 0 atom stereocenters. The second kappa shape index (κ2) is 4.66. The summed E-state index contributed by atoms with van der Waals surface area (Å²) in [5.41, 5.74) is 6.50. The molecular formula is C15H11N3O4. The standard InChI is InChI=1S/C15H11N3O4/c16-15-17-10(14(19)18-15)6-9-2-4-11(22-9)8-1-3-12-13(5-8)21-7-20-12/h1-6H,7H2,(H3,16,17,18,19)/b10-6+. The zero-order valence-corrected chi connectivity index (χ0v) is 11.3. The van der Waals surface area contributed by atoms with Gasteiger partial charge in [0.05, 0.1) is 0 Å². The quantitative estimate of drug-likeness (QED) is 0.818. The third kappa shape index (κ3) is 2.08. The van der Waals surface area contributed by atoms with E-state index in [2.05, 4.69) is 10.3 Å². The molecule has 0 saturated heterocycles. The van der Waals surface area contributed by atoms with E-state index < -0.39 is 0 Å². The number of fused-ring (bicyclic) bond motifs is 1. The summed E-state index contributed by atoms with van der Waals surface area (Å²) in [7, 11) is 0. The maximum atomic E-state index is 11.5. The van der Waals surface area contributed by atoms with Gasteiger partial charge in [0.25, 0.3) is 5.91 Å². The molecule has 0 spiro atoms. The Kier molecular flexibility index (Phi) is 2.65. The first kappa shape index (κ1) is 12.5. The Balaban J connectivity index is 1.65. The summed E-state index contributed by atoms with van der Waals surface area (Å²) >= 11 is 0. The van der Waals surface area contributed by atoms with Crippen LogP contribution in [0.3, 0.4) is 0 Å². The van der Waals surface area contributed by atoms with E-state index in [0.29, 0.717) is 23.0 Å². The van der Waals surface area contributed by atoms with E-state index in [1.54, 1.807) is 6.07 Å². The number of hydrogen-bond acceptors (Lipinski definition) is 6. The van der Waals surface area contributed by atoms with Crippen molar-refractivity contribution in [1.82, 2.24) is 5.32 Å². The van der Waals surface area contributed by atoms with Crippen molar-refractivity contribution in [1.29, 1.82) is 0 Å². The number of rotatable bonds is 2. The van der Waals surface area contributed by atoms with Crippen molar-refractivity contribution in [3.63, 3.8) is 0 Å². The number of hydrogen-bond donors (Lipinski definition) is 2. The van der Waals surface area contributed by atoms with Gasteiger partial charge in [0.2, 0.25) is 12.8 Å². The SMILES string of the molecule is NC1=N/C(=C/c2ccc(-c3ccc4c(c3)OCO4)o2)C(=O)N1. The summed E-state index contributed by atoms with van der Waals surface area (Å²) in [5, 5.41) is 2.40. The van der Waals surface area contributed by atoms with E-state index in [1.165, 1.54) is 6.08 Å². The molecule has 1 aromatic carbocycles. The number of nitrogens with two attached hydrogens (primary N) is 1. The fourth-order valence-corrected chi connectivity index (χ4v) is 2.26. The van der Waals surface area contributed by atoms with Gasteiger partial charge in [-0.25, -0.2) is 4.99 Å². The van der Waals surface area contributed by atoms with Crippen molar-refractivity contribution >= 4 is 17.9 Å². The molecule has 2 aromatic rings. The molecule has 110 valence electrons. The Hall–Kier alpha value is -3.22. The van der Waals surface area contributed by atoms with E-state index in [0.717, 1.165) is 5.56 Å². The molecule has 3 heterocycles. The minimum atomic E-state index is -0.349. The van der Waals surface area contributed by atoms with Crippen molar-refractivity contribution in [2.75, 3.05) is 6.79 Å². The molecule has 1 aromatic heterocycles. The Morgan fingerprint density at radius 2 is 2.05 bits per heavy atom. The fourth-order valence-electron chi connectivity index (χ4n) is 2.26. The molecule has 0 saturated carbocycles. The van der Waals surface area contributed by atoms with Crippen LogP contribution in [0, 0.1) is 0 Å². The lowest BCUT2D eigenvalue weighted by Crippen LogP contribution is -2.30. The van der Waals surface area contributed by atoms with Crippen LogP contribution in [0.4, 0.5) is 0 Å². The summed E-state index contributed by atoms with van der Waals surface area (Å²) in [6.07, 6.45) is 1.53. The second-order valence-corrected chi connectivity index (χ2v) is 4.75. The summed E-state index contributed by atoms with van der Waals surface area (Å²) < 4.78 is 16.3. The van der Waals surface area contributed by atoms with Crippen LogP contribution in [0.2, 0.25) is 0 Å². The van der Waals surface area contributed by atoms with Gasteiger partial charge in [-0.2, -0.15) is 0 Å². The van der Waals surface area contributed by atoms with Crippen LogP contribution in [0.15, 0.2) is 45.4 Å². The number of aliphatic imine (C=N–C) groups is 1. The molecule has 3 N–H and O–H groups in total. The van der Waals surface area contributed by atoms with Crippen LogP contribution < -0.4 is 20.5 Å². The number of carbonyl (C=O) groups excluding carboxylic acids is 1. The van der Waals surface area contributed by atoms with Crippen LogP contribution in [-0.4, -0.2) is 18.7 Å². The van der Waals surface area contributed by atoms with Gasteiger partial charge >= 0.3 is 0 Å². The molecule has 22 heavy (non-hydrogen) atoms. The highest BCUT2D eigenvalue weighted by Crippen LogP contribution is 2.36. The van der Waals surface area contributed by atoms with Crippen molar-refractivity contribution < 1.29 is 18.7 Å². The molecule has 4 rings (SSSR count). The number of nitrogens with one attached hydrogen (secondary N) is 1. The van der Waals surface area contributed by atoms with Crippen molar-refractivity contribution in [3.8, 4) is 22.8 Å². The molecule has 0 bridgehead atoms. The van der Waals surface area contributed by atoms with Crippen molar-refractivity contribution in [2.45, 2.75) is 0 Å². The Morgan fingerprint density at radius 1 is 1.18 bits per heavy atom. The average Bonchev–Trinajstić information content (AvgIpc) is 3.19. The third-order valence-corrected chi connectivity index (χ3v) is 3.28. The number of amides is 1. The molecule has 2 aliphatic rings. The normalized spacial score (nSPS) is 17.7. The first-order valence-corrected chi connectivity index (χ1v) is 6.56. The van der Waals surface area contributed by atoms with Gasteiger partial charge in [-0.1, -0.05) is 0 Å². The van der Waals surface area contributed by atoms with E-state index in [4.69, 9.17) is 19.6 Å². The monoisotopic (exact) mass is 297 g/mol. The largest absolute Gasteiger partial charge is 0.457 e.